The summed E-state index contributed by atoms with van der Waals surface area (Å²) in [5.74, 6) is -0.618. The van der Waals surface area contributed by atoms with E-state index in [1.807, 2.05) is 4.90 Å². The number of ether oxygens (including phenoxy) is 1. The molecule has 154 valence electrons. The van der Waals surface area contributed by atoms with E-state index in [-0.39, 0.29) is 32.9 Å². The van der Waals surface area contributed by atoms with Crippen LogP contribution in [0.5, 0.6) is 0 Å². The fourth-order valence-electron chi connectivity index (χ4n) is 4.91. The Bertz CT molecular complexity index is 1370. The first kappa shape index (κ1) is 19.0. The molecule has 4 aliphatic rings. The summed E-state index contributed by atoms with van der Waals surface area (Å²) in [7, 11) is 0. The number of ketones is 1. The third kappa shape index (κ3) is 2.71. The second-order valence-electron chi connectivity index (χ2n) is 8.24. The number of hydrogen-bond donors (Lipinski definition) is 0. The second kappa shape index (κ2) is 6.78. The summed E-state index contributed by atoms with van der Waals surface area (Å²) in [4.78, 5) is 53.1. The van der Waals surface area contributed by atoms with Crippen LogP contribution in [0, 0.1) is 15.6 Å². The van der Waals surface area contributed by atoms with Crippen LogP contribution in [0.15, 0.2) is 38.6 Å². The van der Waals surface area contributed by atoms with Crippen molar-refractivity contribution in [2.45, 2.75) is 31.3 Å². The molecule has 0 unspecified atom stereocenters. The monoisotopic (exact) mass is 408 g/mol. The highest BCUT2D eigenvalue weighted by Crippen LogP contribution is 2.35. The van der Waals surface area contributed by atoms with E-state index >= 15 is 0 Å². The van der Waals surface area contributed by atoms with Gasteiger partial charge in [0.1, 0.15) is 5.22 Å². The maximum Gasteiger partial charge on any atom is 0.436 e. The lowest BCUT2D eigenvalue weighted by Gasteiger charge is -2.38. The molecule has 8 heteroatoms. The number of aromatic nitrogens is 1. The number of benzene rings is 1. The summed E-state index contributed by atoms with van der Waals surface area (Å²) in [5, 5.41) is 11.9. The van der Waals surface area contributed by atoms with Crippen LogP contribution in [0.1, 0.15) is 36.2 Å². The van der Waals surface area contributed by atoms with Gasteiger partial charge >= 0.3 is 5.56 Å². The van der Waals surface area contributed by atoms with E-state index in [0.29, 0.717) is 13.1 Å². The second-order valence-corrected chi connectivity index (χ2v) is 8.24. The van der Waals surface area contributed by atoms with Gasteiger partial charge in [0, 0.05) is 30.5 Å². The molecule has 3 aliphatic heterocycles. The van der Waals surface area contributed by atoms with E-state index in [4.69, 9.17) is 4.74 Å². The Morgan fingerprint density at radius 1 is 1.03 bits per heavy atom. The van der Waals surface area contributed by atoms with Gasteiger partial charge in [-0.3, -0.25) is 19.3 Å². The van der Waals surface area contributed by atoms with Crippen molar-refractivity contribution in [3.05, 3.63) is 76.4 Å². The first-order valence-corrected chi connectivity index (χ1v) is 10.1. The number of hydrogen-bond acceptors (Lipinski definition) is 7. The molecule has 2 fully saturated rings. The minimum Gasteiger partial charge on any atom is -0.615 e. The van der Waals surface area contributed by atoms with Crippen LogP contribution in [0.2, 0.25) is 0 Å². The van der Waals surface area contributed by atoms with Crippen molar-refractivity contribution in [2.75, 3.05) is 26.2 Å². The van der Waals surface area contributed by atoms with Crippen LogP contribution < -0.4 is 21.1 Å². The standard InChI is InChI=1S/C22H20N2O6/c25-15(12-23-9-7-22(8-10-23)6-3-11-30-22)18-16-17(21(28)24(18)29)20(27)14-5-2-1-4-13(14)19(16)26/h1-2,4-5H,3,6-12H2. The third-order valence-corrected chi connectivity index (χ3v) is 6.54. The Balaban J connectivity index is 1.55. The Labute approximate surface area is 170 Å². The number of carbonyl (C=O) groups is 1. The Morgan fingerprint density at radius 3 is 2.27 bits per heavy atom. The molecule has 0 radical (unpaired) electrons. The number of piperidine rings is 1. The van der Waals surface area contributed by atoms with Crippen LogP contribution in [0.4, 0.5) is 0 Å². The first-order chi connectivity index (χ1) is 14.4. The van der Waals surface area contributed by atoms with Crippen LogP contribution in [0.25, 0.3) is 10.8 Å². The lowest BCUT2D eigenvalue weighted by atomic mass is 9.88. The molecule has 0 atom stereocenters. The van der Waals surface area contributed by atoms with Gasteiger partial charge in [-0.15, -0.1) is 4.73 Å². The number of carbonyl (C=O) groups excluding carboxylic acids is 1. The summed E-state index contributed by atoms with van der Waals surface area (Å²) in [6, 6.07) is 6.08. The van der Waals surface area contributed by atoms with E-state index in [9.17, 15) is 24.4 Å². The van der Waals surface area contributed by atoms with Crippen molar-refractivity contribution in [2.24, 2.45) is 0 Å². The molecule has 1 aliphatic carbocycles. The number of likely N-dealkylation sites (tertiary alicyclic amines) is 1. The van der Waals surface area contributed by atoms with Gasteiger partial charge in [0.2, 0.25) is 16.6 Å². The highest BCUT2D eigenvalue weighted by atomic mass is 16.5. The van der Waals surface area contributed by atoms with Gasteiger partial charge < -0.3 is 9.94 Å². The fraction of sp³-hybridized carbons (Fsp3) is 0.409. The van der Waals surface area contributed by atoms with Gasteiger partial charge in [-0.05, 0) is 25.7 Å². The van der Waals surface area contributed by atoms with Gasteiger partial charge in [-0.2, -0.15) is 0 Å². The predicted octanol–water partition coefficient (Wildman–Crippen LogP) is -0.0181. The lowest BCUT2D eigenvalue weighted by Crippen LogP contribution is -2.50. The number of Topliss-reactive ketones (excluding diaryl/α,β-unsaturated/α-hetero) is 1. The van der Waals surface area contributed by atoms with Crippen molar-refractivity contribution < 1.29 is 14.3 Å². The molecule has 30 heavy (non-hydrogen) atoms. The summed E-state index contributed by atoms with van der Waals surface area (Å²) in [5.41, 5.74) is -3.08. The van der Waals surface area contributed by atoms with Gasteiger partial charge in [0.25, 0.3) is 5.69 Å². The lowest BCUT2D eigenvalue weighted by molar-refractivity contribution is -0.620. The van der Waals surface area contributed by atoms with Crippen LogP contribution >= 0.6 is 0 Å². The zero-order valence-electron chi connectivity index (χ0n) is 16.3. The Morgan fingerprint density at radius 2 is 1.67 bits per heavy atom. The van der Waals surface area contributed by atoms with Crippen LogP contribution in [0.3, 0.4) is 0 Å². The zero-order chi connectivity index (χ0) is 21.0. The molecular formula is C22H20N2O6. The van der Waals surface area contributed by atoms with E-state index in [0.717, 1.165) is 32.3 Å². The minimum absolute atomic E-state index is 0.0783. The van der Waals surface area contributed by atoms with Crippen LogP contribution in [-0.2, 0) is 4.74 Å². The summed E-state index contributed by atoms with van der Waals surface area (Å²) >= 11 is 0. The van der Waals surface area contributed by atoms with Gasteiger partial charge in [-0.1, -0.05) is 24.3 Å². The molecule has 0 bridgehead atoms. The Kier molecular flexibility index (Phi) is 4.30. The molecule has 1 aromatic rings. The molecule has 0 amide bonds. The number of nitrogens with zero attached hydrogens (tertiary/aromatic N) is 2. The number of fused-ring (bicyclic) bond motifs is 1. The van der Waals surface area contributed by atoms with Crippen molar-refractivity contribution in [1.82, 2.24) is 4.90 Å². The molecule has 1 spiro atoms. The molecule has 2 saturated heterocycles. The molecule has 0 N–H and O–H groups in total. The normalized spacial score (nSPS) is 19.2. The average molecular weight is 408 g/mol. The molecule has 5 rings (SSSR count). The third-order valence-electron chi connectivity index (χ3n) is 6.54. The maximum atomic E-state index is 13.0. The quantitative estimate of drug-likeness (QED) is 0.341. The fourth-order valence-corrected chi connectivity index (χ4v) is 4.91. The van der Waals surface area contributed by atoms with Crippen molar-refractivity contribution in [3.63, 3.8) is 0 Å². The minimum atomic E-state index is -1.14. The maximum absolute atomic E-state index is 13.0. The largest absolute Gasteiger partial charge is 0.615 e. The zero-order valence-corrected chi connectivity index (χ0v) is 16.3. The van der Waals surface area contributed by atoms with E-state index in [1.165, 1.54) is 12.1 Å². The highest BCUT2D eigenvalue weighted by Gasteiger charge is 2.39. The van der Waals surface area contributed by atoms with E-state index in [1.54, 1.807) is 12.1 Å². The molecule has 8 nitrogen and oxygen atoms in total. The SMILES string of the molecule is O=C(CN1CCC2(CCCO2)CC1)c1c2c(=O)c3ccccc3c(=O)c=2c(=O)[n+]1[O-]. The van der Waals surface area contributed by atoms with Crippen molar-refractivity contribution in [3.8, 4) is 0 Å². The van der Waals surface area contributed by atoms with Crippen molar-refractivity contribution in [1.29, 1.82) is 0 Å². The smallest absolute Gasteiger partial charge is 0.436 e. The molecule has 3 heterocycles. The van der Waals surface area contributed by atoms with Crippen molar-refractivity contribution >= 4 is 16.6 Å². The number of rotatable bonds is 3. The molecule has 0 aromatic heterocycles. The topological polar surface area (TPSA) is 108 Å². The predicted molar refractivity (Wildman–Crippen MR) is 107 cm³/mol. The summed E-state index contributed by atoms with van der Waals surface area (Å²) in [6.45, 7) is 1.94. The van der Waals surface area contributed by atoms with Crippen LogP contribution in [-0.4, -0.2) is 42.5 Å². The molecule has 1 aromatic carbocycles. The average Bonchev–Trinajstić information content (AvgIpc) is 3.31. The van der Waals surface area contributed by atoms with E-state index < -0.39 is 33.1 Å². The summed E-state index contributed by atoms with van der Waals surface area (Å²) in [6.07, 6.45) is 3.66. The molecular weight excluding hydrogens is 388 g/mol. The Hall–Kier alpha value is -2.97. The molecule has 0 saturated carbocycles. The first-order valence-electron chi connectivity index (χ1n) is 10.1. The van der Waals surface area contributed by atoms with Gasteiger partial charge in [0.05, 0.1) is 12.1 Å². The van der Waals surface area contributed by atoms with E-state index in [2.05, 4.69) is 0 Å². The highest BCUT2D eigenvalue weighted by molar-refractivity contribution is 5.95. The van der Waals surface area contributed by atoms with Gasteiger partial charge in [0.15, 0.2) is 5.22 Å². The van der Waals surface area contributed by atoms with Gasteiger partial charge in [-0.25, -0.2) is 4.79 Å². The summed E-state index contributed by atoms with van der Waals surface area (Å²) < 4.78 is 5.80.